The van der Waals surface area contributed by atoms with Gasteiger partial charge in [-0.3, -0.25) is 4.79 Å². The first-order valence-corrected chi connectivity index (χ1v) is 10.4. The van der Waals surface area contributed by atoms with Gasteiger partial charge in [-0.15, -0.1) is 10.2 Å². The predicted molar refractivity (Wildman–Crippen MR) is 109 cm³/mol. The van der Waals surface area contributed by atoms with E-state index in [9.17, 15) is 4.79 Å². The van der Waals surface area contributed by atoms with Crippen LogP contribution in [0.3, 0.4) is 0 Å². The molecule has 2 heterocycles. The number of hydrogen-bond donors (Lipinski definition) is 1. The second-order valence-electron chi connectivity index (χ2n) is 7.17. The van der Waals surface area contributed by atoms with Crippen LogP contribution in [0, 0.1) is 6.92 Å². The summed E-state index contributed by atoms with van der Waals surface area (Å²) in [6.45, 7) is 3.81. The van der Waals surface area contributed by atoms with E-state index >= 15 is 0 Å². The van der Waals surface area contributed by atoms with Crippen LogP contribution in [0.5, 0.6) is 0 Å². The van der Waals surface area contributed by atoms with Gasteiger partial charge < -0.3 is 14.3 Å². The average molecular weight is 397 g/mol. The zero-order valence-corrected chi connectivity index (χ0v) is 17.1. The normalized spacial score (nSPS) is 17.2. The highest BCUT2D eigenvalue weighted by Crippen LogP contribution is 2.31. The summed E-state index contributed by atoms with van der Waals surface area (Å²) in [4.78, 5) is 12.8. The topological polar surface area (TPSA) is 72.9 Å². The fourth-order valence-electron chi connectivity index (χ4n) is 3.67. The first-order chi connectivity index (χ1) is 13.5. The van der Waals surface area contributed by atoms with Gasteiger partial charge in [0.2, 0.25) is 5.91 Å². The Morgan fingerprint density at radius 3 is 2.93 bits per heavy atom. The van der Waals surface area contributed by atoms with E-state index < -0.39 is 0 Å². The van der Waals surface area contributed by atoms with E-state index in [1.807, 2.05) is 37.6 Å². The van der Waals surface area contributed by atoms with Crippen molar-refractivity contribution in [1.82, 2.24) is 20.1 Å². The minimum Gasteiger partial charge on any atom is -0.469 e. The van der Waals surface area contributed by atoms with Crippen LogP contribution in [0.4, 0.5) is 0 Å². The molecule has 1 N–H and O–H groups in total. The number of carbonyl (C=O) groups is 1. The third kappa shape index (κ3) is 3.58. The number of carbonyl (C=O) groups excluding carboxylic acids is 1. The molecule has 4 rings (SSSR count). The Kier molecular flexibility index (Phi) is 5.26. The maximum Gasteiger partial charge on any atom is 0.233 e. The van der Waals surface area contributed by atoms with Crippen LogP contribution in [0.2, 0.25) is 0 Å². The van der Waals surface area contributed by atoms with E-state index in [1.54, 1.807) is 6.26 Å². The van der Waals surface area contributed by atoms with Crippen molar-refractivity contribution in [2.45, 2.75) is 49.6 Å². The number of nitrogens with one attached hydrogen (secondary N) is 1. The maximum atomic E-state index is 12.8. The predicted octanol–water partition coefficient (Wildman–Crippen LogP) is 4.06. The molecule has 0 saturated heterocycles. The molecule has 0 saturated carbocycles. The number of hydrogen-bond acceptors (Lipinski definition) is 5. The minimum absolute atomic E-state index is 0.0238. The molecule has 2 atom stereocenters. The summed E-state index contributed by atoms with van der Waals surface area (Å²) in [6, 6.07) is 10.4. The van der Waals surface area contributed by atoms with E-state index in [4.69, 9.17) is 4.42 Å². The van der Waals surface area contributed by atoms with Crippen molar-refractivity contribution in [2.24, 2.45) is 7.05 Å². The van der Waals surface area contributed by atoms with Gasteiger partial charge >= 0.3 is 0 Å². The molecular formula is C21H24N4O2S. The molecule has 28 heavy (non-hydrogen) atoms. The molecule has 2 aromatic heterocycles. The number of aryl methyl sites for hydroxylation is 2. The second kappa shape index (κ2) is 7.83. The van der Waals surface area contributed by atoms with Crippen LogP contribution in [-0.2, 0) is 18.3 Å². The Hall–Kier alpha value is -2.54. The lowest BCUT2D eigenvalue weighted by Gasteiger charge is -2.27. The summed E-state index contributed by atoms with van der Waals surface area (Å²) in [6.07, 6.45) is 4.81. The molecule has 0 unspecified atom stereocenters. The Morgan fingerprint density at radius 1 is 1.32 bits per heavy atom. The molecule has 0 bridgehead atoms. The van der Waals surface area contributed by atoms with Crippen molar-refractivity contribution < 1.29 is 9.21 Å². The monoisotopic (exact) mass is 396 g/mol. The third-order valence-corrected chi connectivity index (χ3v) is 6.41. The zero-order chi connectivity index (χ0) is 19.7. The number of fused-ring (bicyclic) bond motifs is 1. The Balaban J connectivity index is 1.45. The first kappa shape index (κ1) is 18.8. The van der Waals surface area contributed by atoms with Gasteiger partial charge in [-0.2, -0.15) is 0 Å². The van der Waals surface area contributed by atoms with Crippen LogP contribution in [0.25, 0.3) is 11.4 Å². The number of aromatic nitrogens is 3. The summed E-state index contributed by atoms with van der Waals surface area (Å²) in [5.41, 5.74) is 3.50. The molecule has 0 fully saturated rings. The summed E-state index contributed by atoms with van der Waals surface area (Å²) >= 11 is 1.42. The quantitative estimate of drug-likeness (QED) is 0.659. The SMILES string of the molecule is Cc1occc1-c1nnc(S[C@@H](C)C(=O)N[C@H]2CCCc3ccccc32)n1C. The molecule has 146 valence electrons. The number of rotatable bonds is 5. The van der Waals surface area contributed by atoms with Gasteiger partial charge in [0.05, 0.1) is 23.1 Å². The van der Waals surface area contributed by atoms with Crippen molar-refractivity contribution in [1.29, 1.82) is 0 Å². The minimum atomic E-state index is -0.268. The lowest BCUT2D eigenvalue weighted by molar-refractivity contribution is -0.121. The molecule has 0 radical (unpaired) electrons. The fourth-order valence-corrected chi connectivity index (χ4v) is 4.50. The van der Waals surface area contributed by atoms with Gasteiger partial charge in [0, 0.05) is 7.05 Å². The van der Waals surface area contributed by atoms with Crippen molar-refractivity contribution in [2.75, 3.05) is 0 Å². The maximum absolute atomic E-state index is 12.8. The summed E-state index contributed by atoms with van der Waals surface area (Å²) < 4.78 is 7.27. The highest BCUT2D eigenvalue weighted by Gasteiger charge is 2.25. The van der Waals surface area contributed by atoms with Crippen LogP contribution >= 0.6 is 11.8 Å². The molecule has 6 nitrogen and oxygen atoms in total. The molecular weight excluding hydrogens is 372 g/mol. The molecule has 3 aromatic rings. The zero-order valence-electron chi connectivity index (χ0n) is 16.3. The number of amides is 1. The molecule has 0 aliphatic heterocycles. The fraction of sp³-hybridized carbons (Fsp3) is 0.381. The number of benzene rings is 1. The average Bonchev–Trinajstić information content (AvgIpc) is 3.27. The Bertz CT molecular complexity index is 994. The van der Waals surface area contributed by atoms with E-state index in [-0.39, 0.29) is 17.2 Å². The molecule has 7 heteroatoms. The van der Waals surface area contributed by atoms with E-state index in [0.717, 1.165) is 36.4 Å². The molecule has 1 aromatic carbocycles. The van der Waals surface area contributed by atoms with Crippen molar-refractivity contribution >= 4 is 17.7 Å². The van der Waals surface area contributed by atoms with Gasteiger partial charge in [-0.05, 0) is 50.3 Å². The number of furan rings is 1. The van der Waals surface area contributed by atoms with E-state index in [2.05, 4.69) is 33.7 Å². The van der Waals surface area contributed by atoms with Gasteiger partial charge in [0.15, 0.2) is 11.0 Å². The summed E-state index contributed by atoms with van der Waals surface area (Å²) in [5, 5.41) is 12.2. The third-order valence-electron chi connectivity index (χ3n) is 5.27. The molecule has 1 aliphatic rings. The smallest absolute Gasteiger partial charge is 0.233 e. The van der Waals surface area contributed by atoms with Crippen LogP contribution in [0.1, 0.15) is 42.7 Å². The highest BCUT2D eigenvalue weighted by atomic mass is 32.2. The first-order valence-electron chi connectivity index (χ1n) is 9.53. The lowest BCUT2D eigenvalue weighted by Crippen LogP contribution is -2.36. The van der Waals surface area contributed by atoms with Gasteiger partial charge in [0.25, 0.3) is 0 Å². The van der Waals surface area contributed by atoms with E-state index in [1.165, 1.54) is 22.9 Å². The second-order valence-corrected chi connectivity index (χ2v) is 8.48. The van der Waals surface area contributed by atoms with Gasteiger partial charge in [-0.1, -0.05) is 36.0 Å². The van der Waals surface area contributed by atoms with Crippen molar-refractivity contribution in [3.63, 3.8) is 0 Å². The summed E-state index contributed by atoms with van der Waals surface area (Å²) in [7, 11) is 1.91. The highest BCUT2D eigenvalue weighted by molar-refractivity contribution is 8.00. The largest absolute Gasteiger partial charge is 0.469 e. The van der Waals surface area contributed by atoms with Crippen LogP contribution in [-0.4, -0.2) is 25.9 Å². The summed E-state index contributed by atoms with van der Waals surface area (Å²) in [5.74, 6) is 1.56. The number of nitrogens with zero attached hydrogens (tertiary/aromatic N) is 3. The van der Waals surface area contributed by atoms with Crippen LogP contribution in [0.15, 0.2) is 46.2 Å². The van der Waals surface area contributed by atoms with Crippen molar-refractivity contribution in [3.05, 3.63) is 53.5 Å². The van der Waals surface area contributed by atoms with E-state index in [0.29, 0.717) is 5.16 Å². The van der Waals surface area contributed by atoms with Gasteiger partial charge in [0.1, 0.15) is 5.76 Å². The van der Waals surface area contributed by atoms with Crippen LogP contribution < -0.4 is 5.32 Å². The van der Waals surface area contributed by atoms with Gasteiger partial charge in [-0.25, -0.2) is 0 Å². The molecule has 0 spiro atoms. The Morgan fingerprint density at radius 2 is 2.14 bits per heavy atom. The lowest BCUT2D eigenvalue weighted by atomic mass is 9.88. The van der Waals surface area contributed by atoms with Crippen molar-refractivity contribution in [3.8, 4) is 11.4 Å². The standard InChI is InChI=1S/C21H24N4O2S/c1-13-16(11-12-27-13)19-23-24-21(25(19)3)28-14(2)20(26)22-18-10-6-8-15-7-4-5-9-17(15)18/h4-5,7,9,11-12,14,18H,6,8,10H2,1-3H3,(H,22,26)/t14-,18-/m0/s1. The number of thioether (sulfide) groups is 1. The molecule has 1 aliphatic carbocycles. The Labute approximate surface area is 168 Å². The molecule has 1 amide bonds.